The Morgan fingerprint density at radius 1 is 1.07 bits per heavy atom. The summed E-state index contributed by atoms with van der Waals surface area (Å²) in [5.41, 5.74) is 6.52. The van der Waals surface area contributed by atoms with Gasteiger partial charge >= 0.3 is 0 Å². The number of H-pyrrole nitrogens is 1. The molecule has 0 saturated heterocycles. The van der Waals surface area contributed by atoms with Gasteiger partial charge in [0.2, 0.25) is 0 Å². The van der Waals surface area contributed by atoms with Gasteiger partial charge in [-0.2, -0.15) is 0 Å². The zero-order valence-corrected chi connectivity index (χ0v) is 17.2. The van der Waals surface area contributed by atoms with Crippen LogP contribution in [-0.4, -0.2) is 15.1 Å². The molecule has 1 atom stereocenters. The van der Waals surface area contributed by atoms with E-state index in [2.05, 4.69) is 10.3 Å². The first-order valence-electron chi connectivity index (χ1n) is 9.30. The number of nitrogens with one attached hydrogen (secondary N) is 2. The molecule has 0 aliphatic carbocycles. The van der Waals surface area contributed by atoms with Crippen molar-refractivity contribution < 1.29 is 13.4 Å². The number of aryl methyl sites for hydroxylation is 1. The second-order valence-corrected chi connectivity index (χ2v) is 8.67. The number of halogens is 1. The normalized spacial score (nSPS) is 15.4. The first kappa shape index (κ1) is 19.3. The van der Waals surface area contributed by atoms with E-state index < -0.39 is 10.8 Å². The van der Waals surface area contributed by atoms with E-state index in [0.29, 0.717) is 27.3 Å². The molecular weight excluding hydrogens is 387 g/mol. The number of carbonyl (C=O) groups excluding carboxylic acids is 1. The minimum atomic E-state index is -1.43. The number of amides is 1. The maximum Gasteiger partial charge on any atom is 0.256 e. The Kier molecular flexibility index (Phi) is 4.96. The van der Waals surface area contributed by atoms with Gasteiger partial charge in [0.1, 0.15) is 5.82 Å². The summed E-state index contributed by atoms with van der Waals surface area (Å²) in [5, 5.41) is 2.85. The van der Waals surface area contributed by atoms with E-state index in [4.69, 9.17) is 0 Å². The zero-order valence-electron chi connectivity index (χ0n) is 16.4. The van der Waals surface area contributed by atoms with Gasteiger partial charge in [-0.25, -0.2) is 4.39 Å². The Labute approximate surface area is 171 Å². The van der Waals surface area contributed by atoms with Crippen molar-refractivity contribution in [3.8, 4) is 0 Å². The highest BCUT2D eigenvalue weighted by molar-refractivity contribution is 7.84. The Morgan fingerprint density at radius 3 is 2.52 bits per heavy atom. The molecule has 0 bridgehead atoms. The average molecular weight is 408 g/mol. The number of fused-ring (bicyclic) bond motifs is 1. The monoisotopic (exact) mass is 408 g/mol. The summed E-state index contributed by atoms with van der Waals surface area (Å²) in [6.45, 7) is 6.05. The fourth-order valence-electron chi connectivity index (χ4n) is 3.45. The molecule has 1 aromatic heterocycles. The third-order valence-electron chi connectivity index (χ3n) is 5.42. The molecule has 1 aliphatic heterocycles. The highest BCUT2D eigenvalue weighted by Gasteiger charge is 2.26. The quantitative estimate of drug-likeness (QED) is 0.605. The molecule has 4 rings (SSSR count). The van der Waals surface area contributed by atoms with E-state index in [1.807, 2.05) is 26.8 Å². The Bertz CT molecular complexity index is 1190. The topological polar surface area (TPSA) is 62.0 Å². The second kappa shape index (κ2) is 7.44. The Morgan fingerprint density at radius 2 is 1.83 bits per heavy atom. The standard InChI is InChI=1S/C23H21FN2O2S/c1-13-14(2)22(25-15(13)3)11-19-18-10-17(8-9-21(18)26-23(19)27)29(28)12-16-6-4-5-7-20(16)24/h4-11,25H,12H2,1-3H3,(H,26,27)/b19-11-. The van der Waals surface area contributed by atoms with Crippen LogP contribution >= 0.6 is 0 Å². The van der Waals surface area contributed by atoms with Gasteiger partial charge in [-0.3, -0.25) is 9.00 Å². The number of hydrogen-bond acceptors (Lipinski definition) is 2. The fourth-order valence-corrected chi connectivity index (χ4v) is 4.61. The van der Waals surface area contributed by atoms with Gasteiger partial charge in [-0.15, -0.1) is 0 Å². The van der Waals surface area contributed by atoms with Crippen molar-refractivity contribution in [1.29, 1.82) is 0 Å². The Balaban J connectivity index is 1.70. The summed E-state index contributed by atoms with van der Waals surface area (Å²) in [7, 11) is -1.43. The molecule has 0 spiro atoms. The van der Waals surface area contributed by atoms with Crippen molar-refractivity contribution in [1.82, 2.24) is 4.98 Å². The molecule has 1 aliphatic rings. The maximum absolute atomic E-state index is 13.9. The average Bonchev–Trinajstić information content (AvgIpc) is 3.14. The highest BCUT2D eigenvalue weighted by atomic mass is 32.2. The molecule has 0 radical (unpaired) electrons. The van der Waals surface area contributed by atoms with Crippen LogP contribution in [0, 0.1) is 26.6 Å². The second-order valence-electron chi connectivity index (χ2n) is 7.21. The summed E-state index contributed by atoms with van der Waals surface area (Å²) in [6.07, 6.45) is 1.83. The number of hydrogen-bond donors (Lipinski definition) is 2. The van der Waals surface area contributed by atoms with Crippen LogP contribution in [0.3, 0.4) is 0 Å². The van der Waals surface area contributed by atoms with Crippen LogP contribution < -0.4 is 5.32 Å². The number of carbonyl (C=O) groups is 1. The lowest BCUT2D eigenvalue weighted by Crippen LogP contribution is -2.03. The van der Waals surface area contributed by atoms with Gasteiger partial charge in [0.05, 0.1) is 22.1 Å². The number of aromatic nitrogens is 1. The Hall–Kier alpha value is -2.99. The third kappa shape index (κ3) is 3.56. The SMILES string of the molecule is Cc1[nH]c(/C=C2\C(=O)Nc3ccc(S(=O)Cc4ccccc4F)cc32)c(C)c1C. The largest absolute Gasteiger partial charge is 0.359 e. The number of aromatic amines is 1. The van der Waals surface area contributed by atoms with Gasteiger partial charge in [0, 0.05) is 33.1 Å². The molecule has 3 aromatic rings. The molecule has 0 fully saturated rings. The predicted octanol–water partition coefficient (Wildman–Crippen LogP) is 4.88. The minimum Gasteiger partial charge on any atom is -0.359 e. The van der Waals surface area contributed by atoms with Crippen molar-refractivity contribution in [3.63, 3.8) is 0 Å². The van der Waals surface area contributed by atoms with Crippen molar-refractivity contribution in [3.05, 3.63) is 81.9 Å². The van der Waals surface area contributed by atoms with E-state index >= 15 is 0 Å². The predicted molar refractivity (Wildman–Crippen MR) is 114 cm³/mol. The summed E-state index contributed by atoms with van der Waals surface area (Å²) in [4.78, 5) is 16.4. The highest BCUT2D eigenvalue weighted by Crippen LogP contribution is 2.35. The van der Waals surface area contributed by atoms with E-state index in [9.17, 15) is 13.4 Å². The summed E-state index contributed by atoms with van der Waals surface area (Å²) >= 11 is 0. The smallest absolute Gasteiger partial charge is 0.256 e. The maximum atomic E-state index is 13.9. The van der Waals surface area contributed by atoms with Gasteiger partial charge in [0.25, 0.3) is 5.91 Å². The van der Waals surface area contributed by atoms with Crippen LogP contribution in [0.1, 0.15) is 33.6 Å². The van der Waals surface area contributed by atoms with Gasteiger partial charge < -0.3 is 10.3 Å². The number of rotatable bonds is 4. The van der Waals surface area contributed by atoms with Gasteiger partial charge in [-0.05, 0) is 62.2 Å². The molecule has 29 heavy (non-hydrogen) atoms. The summed E-state index contributed by atoms with van der Waals surface area (Å²) < 4.78 is 26.7. The molecule has 0 saturated carbocycles. The summed E-state index contributed by atoms with van der Waals surface area (Å²) in [6, 6.07) is 11.6. The van der Waals surface area contributed by atoms with Crippen LogP contribution in [0.25, 0.3) is 11.6 Å². The lowest BCUT2D eigenvalue weighted by atomic mass is 10.0. The van der Waals surface area contributed by atoms with Crippen molar-refractivity contribution in [2.75, 3.05) is 5.32 Å². The first-order valence-corrected chi connectivity index (χ1v) is 10.6. The number of anilines is 1. The lowest BCUT2D eigenvalue weighted by Gasteiger charge is -2.06. The first-order chi connectivity index (χ1) is 13.8. The van der Waals surface area contributed by atoms with Crippen LogP contribution in [-0.2, 0) is 21.3 Å². The molecule has 148 valence electrons. The number of benzene rings is 2. The fraction of sp³-hybridized carbons (Fsp3) is 0.174. The molecule has 4 nitrogen and oxygen atoms in total. The van der Waals surface area contributed by atoms with Crippen LogP contribution in [0.2, 0.25) is 0 Å². The third-order valence-corrected chi connectivity index (χ3v) is 6.77. The van der Waals surface area contributed by atoms with Crippen molar-refractivity contribution in [2.45, 2.75) is 31.4 Å². The van der Waals surface area contributed by atoms with E-state index in [0.717, 1.165) is 22.5 Å². The molecule has 2 N–H and O–H groups in total. The molecular formula is C23H21FN2O2S. The summed E-state index contributed by atoms with van der Waals surface area (Å²) in [5.74, 6) is -0.478. The van der Waals surface area contributed by atoms with Gasteiger partial charge in [0.15, 0.2) is 0 Å². The molecule has 2 heterocycles. The lowest BCUT2D eigenvalue weighted by molar-refractivity contribution is -0.110. The van der Waals surface area contributed by atoms with Crippen LogP contribution in [0.4, 0.5) is 10.1 Å². The van der Waals surface area contributed by atoms with Crippen molar-refractivity contribution >= 4 is 34.0 Å². The van der Waals surface area contributed by atoms with E-state index in [-0.39, 0.29) is 17.5 Å². The van der Waals surface area contributed by atoms with Crippen molar-refractivity contribution in [2.24, 2.45) is 0 Å². The zero-order chi connectivity index (χ0) is 20.7. The minimum absolute atomic E-state index is 0.0833. The molecule has 1 unspecified atom stereocenters. The molecule has 2 aromatic carbocycles. The van der Waals surface area contributed by atoms with Crippen LogP contribution in [0.5, 0.6) is 0 Å². The van der Waals surface area contributed by atoms with Crippen LogP contribution in [0.15, 0.2) is 47.4 Å². The van der Waals surface area contributed by atoms with E-state index in [1.165, 1.54) is 6.07 Å². The molecule has 1 amide bonds. The molecule has 6 heteroatoms. The van der Waals surface area contributed by atoms with E-state index in [1.54, 1.807) is 36.4 Å². The van der Waals surface area contributed by atoms with Gasteiger partial charge in [-0.1, -0.05) is 18.2 Å².